The Bertz CT molecular complexity index is 656. The van der Waals surface area contributed by atoms with Gasteiger partial charge >= 0.3 is 0 Å². The van der Waals surface area contributed by atoms with E-state index >= 15 is 0 Å². The number of amides is 1. The first-order valence-corrected chi connectivity index (χ1v) is 8.00. The number of anilines is 1. The summed E-state index contributed by atoms with van der Waals surface area (Å²) in [5.74, 6) is 0.622. The van der Waals surface area contributed by atoms with Crippen LogP contribution in [-0.2, 0) is 6.42 Å². The number of hydrogen-bond acceptors (Lipinski definition) is 4. The molecule has 1 amide bonds. The number of aliphatic hydroxyl groups excluding tert-OH is 1. The van der Waals surface area contributed by atoms with E-state index in [0.29, 0.717) is 18.5 Å². The maximum absolute atomic E-state index is 12.3. The van der Waals surface area contributed by atoms with Gasteiger partial charge in [0.15, 0.2) is 0 Å². The summed E-state index contributed by atoms with van der Waals surface area (Å²) in [5, 5.41) is 12.7. The molecule has 0 fully saturated rings. The van der Waals surface area contributed by atoms with Gasteiger partial charge in [-0.25, -0.2) is 4.98 Å². The highest BCUT2D eigenvalue weighted by molar-refractivity contribution is 5.94. The SMILES string of the molecule is CN(C)c1ccc(C(=O)NC[C@@](C)(CO)Cc2ccccc2)cn1. The molecule has 1 atom stereocenters. The molecule has 2 rings (SSSR count). The molecule has 0 radical (unpaired) electrons. The first-order chi connectivity index (χ1) is 11.4. The second-order valence-electron chi connectivity index (χ2n) is 6.61. The Hall–Kier alpha value is -2.40. The van der Waals surface area contributed by atoms with Gasteiger partial charge in [-0.3, -0.25) is 4.79 Å². The Morgan fingerprint density at radius 3 is 2.46 bits per heavy atom. The number of aliphatic hydroxyl groups is 1. The Balaban J connectivity index is 1.97. The molecule has 0 unspecified atom stereocenters. The molecule has 0 aliphatic rings. The zero-order valence-corrected chi connectivity index (χ0v) is 14.5. The van der Waals surface area contributed by atoms with E-state index in [1.54, 1.807) is 12.3 Å². The monoisotopic (exact) mass is 327 g/mol. The van der Waals surface area contributed by atoms with Crippen molar-refractivity contribution in [1.29, 1.82) is 0 Å². The topological polar surface area (TPSA) is 65.5 Å². The molecular weight excluding hydrogens is 302 g/mol. The highest BCUT2D eigenvalue weighted by atomic mass is 16.3. The van der Waals surface area contributed by atoms with Crippen LogP contribution in [0.4, 0.5) is 5.82 Å². The highest BCUT2D eigenvalue weighted by Gasteiger charge is 2.25. The number of pyridine rings is 1. The van der Waals surface area contributed by atoms with E-state index in [4.69, 9.17) is 0 Å². The van der Waals surface area contributed by atoms with E-state index < -0.39 is 5.41 Å². The molecule has 1 heterocycles. The molecule has 5 nitrogen and oxygen atoms in total. The molecule has 1 aromatic carbocycles. The van der Waals surface area contributed by atoms with E-state index in [9.17, 15) is 9.90 Å². The van der Waals surface area contributed by atoms with Gasteiger partial charge in [0, 0.05) is 32.3 Å². The predicted molar refractivity (Wildman–Crippen MR) is 96.2 cm³/mol. The molecule has 0 saturated heterocycles. The smallest absolute Gasteiger partial charge is 0.252 e. The second kappa shape index (κ2) is 7.93. The average molecular weight is 327 g/mol. The Morgan fingerprint density at radius 1 is 1.21 bits per heavy atom. The number of nitrogens with zero attached hydrogens (tertiary/aromatic N) is 2. The average Bonchev–Trinajstić information content (AvgIpc) is 2.60. The van der Waals surface area contributed by atoms with Crippen LogP contribution in [0.25, 0.3) is 0 Å². The fourth-order valence-corrected chi connectivity index (χ4v) is 2.44. The third-order valence-corrected chi connectivity index (χ3v) is 4.00. The molecule has 0 bridgehead atoms. The van der Waals surface area contributed by atoms with Crippen molar-refractivity contribution < 1.29 is 9.90 Å². The van der Waals surface area contributed by atoms with Crippen molar-refractivity contribution in [1.82, 2.24) is 10.3 Å². The van der Waals surface area contributed by atoms with Gasteiger partial charge in [-0.2, -0.15) is 0 Å². The molecule has 2 N–H and O–H groups in total. The molecule has 1 aromatic heterocycles. The van der Waals surface area contributed by atoms with Gasteiger partial charge in [-0.15, -0.1) is 0 Å². The summed E-state index contributed by atoms with van der Waals surface area (Å²) in [5.41, 5.74) is 1.24. The largest absolute Gasteiger partial charge is 0.396 e. The normalized spacial score (nSPS) is 13.2. The summed E-state index contributed by atoms with van der Waals surface area (Å²) in [6.45, 7) is 2.36. The third kappa shape index (κ3) is 4.80. The maximum Gasteiger partial charge on any atom is 0.252 e. The molecule has 2 aromatic rings. The molecular formula is C19H25N3O2. The van der Waals surface area contributed by atoms with Crippen LogP contribution in [0.15, 0.2) is 48.7 Å². The molecule has 5 heteroatoms. The minimum absolute atomic E-state index is 0.00000839. The van der Waals surface area contributed by atoms with Crippen molar-refractivity contribution in [3.05, 3.63) is 59.8 Å². The van der Waals surface area contributed by atoms with E-state index in [0.717, 1.165) is 11.4 Å². The summed E-state index contributed by atoms with van der Waals surface area (Å²) < 4.78 is 0. The predicted octanol–water partition coefficient (Wildman–Crippen LogP) is 2.12. The zero-order chi connectivity index (χ0) is 17.6. The Kier molecular flexibility index (Phi) is 5.93. The van der Waals surface area contributed by atoms with Gasteiger partial charge in [-0.1, -0.05) is 37.3 Å². The van der Waals surface area contributed by atoms with Gasteiger partial charge in [0.2, 0.25) is 0 Å². The van der Waals surface area contributed by atoms with Crippen LogP contribution in [0, 0.1) is 5.41 Å². The lowest BCUT2D eigenvalue weighted by Gasteiger charge is -2.27. The quantitative estimate of drug-likeness (QED) is 0.817. The lowest BCUT2D eigenvalue weighted by molar-refractivity contribution is 0.0895. The Labute approximate surface area is 143 Å². The number of nitrogens with one attached hydrogen (secondary N) is 1. The maximum atomic E-state index is 12.3. The summed E-state index contributed by atoms with van der Waals surface area (Å²) in [6.07, 6.45) is 2.26. The lowest BCUT2D eigenvalue weighted by atomic mass is 9.84. The fourth-order valence-electron chi connectivity index (χ4n) is 2.44. The van der Waals surface area contributed by atoms with Crippen LogP contribution in [0.2, 0.25) is 0 Å². The molecule has 0 spiro atoms. The van der Waals surface area contributed by atoms with Crippen LogP contribution in [0.3, 0.4) is 0 Å². The number of carbonyl (C=O) groups is 1. The lowest BCUT2D eigenvalue weighted by Crippen LogP contribution is -2.39. The summed E-state index contributed by atoms with van der Waals surface area (Å²) in [7, 11) is 3.80. The Morgan fingerprint density at radius 2 is 1.92 bits per heavy atom. The third-order valence-electron chi connectivity index (χ3n) is 4.00. The van der Waals surface area contributed by atoms with Gasteiger partial charge in [0.05, 0.1) is 12.2 Å². The van der Waals surface area contributed by atoms with Gasteiger partial charge < -0.3 is 15.3 Å². The van der Waals surface area contributed by atoms with Crippen LogP contribution in [-0.4, -0.2) is 43.2 Å². The summed E-state index contributed by atoms with van der Waals surface area (Å²) in [4.78, 5) is 18.4. The van der Waals surface area contributed by atoms with Crippen molar-refractivity contribution in [3.63, 3.8) is 0 Å². The van der Waals surface area contributed by atoms with Crippen LogP contribution in [0.5, 0.6) is 0 Å². The van der Waals surface area contributed by atoms with E-state index in [1.165, 1.54) is 0 Å². The molecule has 0 aliphatic heterocycles. The first kappa shape index (κ1) is 17.9. The summed E-state index contributed by atoms with van der Waals surface area (Å²) in [6, 6.07) is 13.5. The first-order valence-electron chi connectivity index (χ1n) is 8.00. The number of aromatic nitrogens is 1. The molecule has 128 valence electrons. The van der Waals surface area contributed by atoms with Crippen molar-refractivity contribution >= 4 is 11.7 Å². The molecule has 0 aliphatic carbocycles. The van der Waals surface area contributed by atoms with Crippen molar-refractivity contribution in [2.45, 2.75) is 13.3 Å². The molecule has 0 saturated carbocycles. The second-order valence-corrected chi connectivity index (χ2v) is 6.61. The minimum Gasteiger partial charge on any atom is -0.396 e. The highest BCUT2D eigenvalue weighted by Crippen LogP contribution is 2.21. The zero-order valence-electron chi connectivity index (χ0n) is 14.5. The van der Waals surface area contributed by atoms with Crippen LogP contribution < -0.4 is 10.2 Å². The fraction of sp³-hybridized carbons (Fsp3) is 0.368. The standard InChI is InChI=1S/C19H25N3O2/c1-19(14-23,11-15-7-5-4-6-8-15)13-21-18(24)16-9-10-17(20-12-16)22(2)3/h4-10,12,23H,11,13-14H2,1-3H3,(H,21,24)/t19-/m0/s1. The van der Waals surface area contributed by atoms with E-state index in [-0.39, 0.29) is 12.5 Å². The summed E-state index contributed by atoms with van der Waals surface area (Å²) >= 11 is 0. The van der Waals surface area contributed by atoms with Gasteiger partial charge in [0.1, 0.15) is 5.82 Å². The number of rotatable bonds is 7. The number of benzene rings is 1. The number of carbonyl (C=O) groups excluding carboxylic acids is 1. The van der Waals surface area contributed by atoms with Gasteiger partial charge in [0.25, 0.3) is 5.91 Å². The van der Waals surface area contributed by atoms with E-state index in [1.807, 2.05) is 62.3 Å². The van der Waals surface area contributed by atoms with Gasteiger partial charge in [-0.05, 0) is 24.1 Å². The van der Waals surface area contributed by atoms with Crippen molar-refractivity contribution in [3.8, 4) is 0 Å². The van der Waals surface area contributed by atoms with Crippen LogP contribution in [0.1, 0.15) is 22.8 Å². The molecule has 24 heavy (non-hydrogen) atoms. The number of hydrogen-bond donors (Lipinski definition) is 2. The van der Waals surface area contributed by atoms with Crippen molar-refractivity contribution in [2.75, 3.05) is 32.1 Å². The van der Waals surface area contributed by atoms with Crippen molar-refractivity contribution in [2.24, 2.45) is 5.41 Å². The van der Waals surface area contributed by atoms with Crippen LogP contribution >= 0.6 is 0 Å². The minimum atomic E-state index is -0.409. The van der Waals surface area contributed by atoms with E-state index in [2.05, 4.69) is 10.3 Å².